The summed E-state index contributed by atoms with van der Waals surface area (Å²) in [5.74, 6) is 1.18. The van der Waals surface area contributed by atoms with E-state index in [1.807, 2.05) is 11.8 Å². The number of benzene rings is 1. The molecule has 2 nitrogen and oxygen atoms in total. The molecule has 0 saturated heterocycles. The SMILES string of the molecule is CSCCn1cc(CCCCNC2CC2)c2ccccc21. The Balaban J connectivity index is 1.60. The molecule has 21 heavy (non-hydrogen) atoms. The molecule has 1 N–H and O–H groups in total. The molecule has 1 heterocycles. The molecule has 114 valence electrons. The predicted molar refractivity (Wildman–Crippen MR) is 94.3 cm³/mol. The fourth-order valence-corrected chi connectivity index (χ4v) is 3.31. The van der Waals surface area contributed by atoms with E-state index in [4.69, 9.17) is 0 Å². The Morgan fingerprint density at radius 2 is 2.10 bits per heavy atom. The number of hydrogen-bond acceptors (Lipinski definition) is 2. The van der Waals surface area contributed by atoms with E-state index in [9.17, 15) is 0 Å². The maximum atomic E-state index is 3.61. The number of para-hydroxylation sites is 1. The molecule has 0 bridgehead atoms. The molecule has 0 aliphatic heterocycles. The number of aryl methyl sites for hydroxylation is 2. The molecule has 0 atom stereocenters. The van der Waals surface area contributed by atoms with Crippen molar-refractivity contribution in [3.05, 3.63) is 36.0 Å². The molecule has 2 aromatic rings. The van der Waals surface area contributed by atoms with Gasteiger partial charge in [0.25, 0.3) is 0 Å². The van der Waals surface area contributed by atoms with Gasteiger partial charge in [0.05, 0.1) is 0 Å². The summed E-state index contributed by atoms with van der Waals surface area (Å²) in [4.78, 5) is 0. The van der Waals surface area contributed by atoms with E-state index in [-0.39, 0.29) is 0 Å². The second kappa shape index (κ2) is 7.37. The van der Waals surface area contributed by atoms with Gasteiger partial charge in [0.15, 0.2) is 0 Å². The number of unbranched alkanes of at least 4 members (excludes halogenated alkanes) is 1. The summed E-state index contributed by atoms with van der Waals surface area (Å²) in [7, 11) is 0. The third kappa shape index (κ3) is 4.04. The fraction of sp³-hybridized carbons (Fsp3) is 0.556. The molecule has 1 fully saturated rings. The molecule has 0 amide bonds. The first-order valence-corrected chi connectivity index (χ1v) is 9.57. The maximum absolute atomic E-state index is 3.61. The van der Waals surface area contributed by atoms with Crippen molar-refractivity contribution in [1.82, 2.24) is 9.88 Å². The van der Waals surface area contributed by atoms with Crippen molar-refractivity contribution in [2.45, 2.75) is 44.7 Å². The van der Waals surface area contributed by atoms with Crippen LogP contribution in [0.15, 0.2) is 30.5 Å². The van der Waals surface area contributed by atoms with Gasteiger partial charge in [0, 0.05) is 35.4 Å². The largest absolute Gasteiger partial charge is 0.346 e. The van der Waals surface area contributed by atoms with Gasteiger partial charge in [0.1, 0.15) is 0 Å². The number of aromatic nitrogens is 1. The number of nitrogens with one attached hydrogen (secondary N) is 1. The summed E-state index contributed by atoms with van der Waals surface area (Å²) < 4.78 is 2.43. The lowest BCUT2D eigenvalue weighted by atomic mass is 10.1. The first-order valence-electron chi connectivity index (χ1n) is 8.17. The highest BCUT2D eigenvalue weighted by Gasteiger charge is 2.19. The highest BCUT2D eigenvalue weighted by atomic mass is 32.2. The smallest absolute Gasteiger partial charge is 0.0483 e. The summed E-state index contributed by atoms with van der Waals surface area (Å²) >= 11 is 1.92. The lowest BCUT2D eigenvalue weighted by molar-refractivity contribution is 0.620. The van der Waals surface area contributed by atoms with Crippen molar-refractivity contribution < 1.29 is 0 Å². The Kier molecular flexibility index (Phi) is 5.26. The molecular weight excluding hydrogens is 276 g/mol. The van der Waals surface area contributed by atoms with Gasteiger partial charge in [-0.05, 0) is 56.5 Å². The first-order chi connectivity index (χ1) is 10.4. The predicted octanol–water partition coefficient (Wildman–Crippen LogP) is 4.08. The van der Waals surface area contributed by atoms with E-state index in [1.54, 1.807) is 0 Å². The zero-order valence-electron chi connectivity index (χ0n) is 13.0. The molecule has 1 aromatic heterocycles. The third-order valence-electron chi connectivity index (χ3n) is 4.29. The summed E-state index contributed by atoms with van der Waals surface area (Å²) in [5, 5.41) is 5.06. The van der Waals surface area contributed by atoms with Crippen LogP contribution in [-0.4, -0.2) is 29.2 Å². The number of hydrogen-bond donors (Lipinski definition) is 1. The highest BCUT2D eigenvalue weighted by molar-refractivity contribution is 7.98. The summed E-state index contributed by atoms with van der Waals surface area (Å²) in [6.45, 7) is 2.31. The van der Waals surface area contributed by atoms with Gasteiger partial charge in [-0.1, -0.05) is 18.2 Å². The average molecular weight is 302 g/mol. The number of nitrogens with zero attached hydrogens (tertiary/aromatic N) is 1. The van der Waals surface area contributed by atoms with E-state index < -0.39 is 0 Å². The van der Waals surface area contributed by atoms with Gasteiger partial charge in [0.2, 0.25) is 0 Å². The van der Waals surface area contributed by atoms with E-state index >= 15 is 0 Å². The number of fused-ring (bicyclic) bond motifs is 1. The van der Waals surface area contributed by atoms with Crippen LogP contribution in [0.3, 0.4) is 0 Å². The minimum atomic E-state index is 0.846. The molecule has 0 radical (unpaired) electrons. The van der Waals surface area contributed by atoms with Crippen LogP contribution in [0.2, 0.25) is 0 Å². The number of thioether (sulfide) groups is 1. The van der Waals surface area contributed by atoms with Crippen LogP contribution in [0.4, 0.5) is 0 Å². The normalized spacial score (nSPS) is 14.9. The molecular formula is C18H26N2S. The summed E-state index contributed by atoms with van der Waals surface area (Å²) in [6.07, 6.45) is 11.1. The lowest BCUT2D eigenvalue weighted by Crippen LogP contribution is -2.17. The van der Waals surface area contributed by atoms with Gasteiger partial charge in [-0.3, -0.25) is 0 Å². The standard InChI is InChI=1S/C18H26N2S/c1-21-13-12-20-14-15(17-7-2-3-8-18(17)20)6-4-5-11-19-16-9-10-16/h2-3,7-8,14,16,19H,4-6,9-13H2,1H3. The summed E-state index contributed by atoms with van der Waals surface area (Å²) in [6, 6.07) is 9.70. The van der Waals surface area contributed by atoms with Gasteiger partial charge >= 0.3 is 0 Å². The van der Waals surface area contributed by atoms with E-state index in [0.29, 0.717) is 0 Å². The van der Waals surface area contributed by atoms with Crippen LogP contribution in [0.5, 0.6) is 0 Å². The molecule has 0 unspecified atom stereocenters. The summed E-state index contributed by atoms with van der Waals surface area (Å²) in [5.41, 5.74) is 2.93. The van der Waals surface area contributed by atoms with Gasteiger partial charge < -0.3 is 9.88 Å². The molecule has 3 rings (SSSR count). The van der Waals surface area contributed by atoms with E-state index in [0.717, 1.165) is 12.6 Å². The van der Waals surface area contributed by atoms with Crippen molar-refractivity contribution in [3.8, 4) is 0 Å². The minimum Gasteiger partial charge on any atom is -0.346 e. The zero-order valence-corrected chi connectivity index (χ0v) is 13.8. The topological polar surface area (TPSA) is 17.0 Å². The molecule has 3 heteroatoms. The fourth-order valence-electron chi connectivity index (χ4n) is 2.93. The van der Waals surface area contributed by atoms with Crippen LogP contribution < -0.4 is 5.32 Å². The Morgan fingerprint density at radius 1 is 1.24 bits per heavy atom. The Labute approximate surface area is 132 Å². The van der Waals surface area contributed by atoms with E-state index in [2.05, 4.69) is 46.6 Å². The molecule has 1 aliphatic carbocycles. The third-order valence-corrected chi connectivity index (χ3v) is 4.88. The quantitative estimate of drug-likeness (QED) is 0.703. The molecule has 1 saturated carbocycles. The highest BCUT2D eigenvalue weighted by Crippen LogP contribution is 2.23. The molecule has 1 aliphatic rings. The van der Waals surface area contributed by atoms with E-state index in [1.165, 1.54) is 60.9 Å². The Morgan fingerprint density at radius 3 is 2.90 bits per heavy atom. The zero-order chi connectivity index (χ0) is 14.5. The Bertz CT molecular complexity index is 572. The van der Waals surface area contributed by atoms with Crippen LogP contribution in [0.1, 0.15) is 31.2 Å². The van der Waals surface area contributed by atoms with Crippen LogP contribution >= 0.6 is 11.8 Å². The van der Waals surface area contributed by atoms with Crippen molar-refractivity contribution in [2.75, 3.05) is 18.6 Å². The van der Waals surface area contributed by atoms with Crippen molar-refractivity contribution in [2.24, 2.45) is 0 Å². The monoisotopic (exact) mass is 302 g/mol. The second-order valence-electron chi connectivity index (χ2n) is 6.04. The molecule has 0 spiro atoms. The van der Waals surface area contributed by atoms with Gasteiger partial charge in [-0.2, -0.15) is 11.8 Å². The van der Waals surface area contributed by atoms with Crippen molar-refractivity contribution in [1.29, 1.82) is 0 Å². The van der Waals surface area contributed by atoms with Gasteiger partial charge in [-0.25, -0.2) is 0 Å². The van der Waals surface area contributed by atoms with Crippen LogP contribution in [0.25, 0.3) is 10.9 Å². The minimum absolute atomic E-state index is 0.846. The second-order valence-corrected chi connectivity index (χ2v) is 7.03. The average Bonchev–Trinajstić information content (AvgIpc) is 3.27. The van der Waals surface area contributed by atoms with Gasteiger partial charge in [-0.15, -0.1) is 0 Å². The van der Waals surface area contributed by atoms with Crippen molar-refractivity contribution >= 4 is 22.7 Å². The maximum Gasteiger partial charge on any atom is 0.0483 e. The number of rotatable bonds is 9. The van der Waals surface area contributed by atoms with Crippen molar-refractivity contribution in [3.63, 3.8) is 0 Å². The van der Waals surface area contributed by atoms with Crippen LogP contribution in [0, 0.1) is 0 Å². The molecule has 1 aromatic carbocycles. The Hall–Kier alpha value is -0.930. The first kappa shape index (κ1) is 15.0. The lowest BCUT2D eigenvalue weighted by Gasteiger charge is -2.02. The van der Waals surface area contributed by atoms with Crippen LogP contribution in [-0.2, 0) is 13.0 Å².